The van der Waals surface area contributed by atoms with E-state index in [1.54, 1.807) is 10.9 Å². The lowest BCUT2D eigenvalue weighted by molar-refractivity contribution is 0.262. The Balaban J connectivity index is 1.80. The van der Waals surface area contributed by atoms with E-state index in [4.69, 9.17) is 0 Å². The van der Waals surface area contributed by atoms with E-state index >= 15 is 0 Å². The number of aromatic nitrogens is 2. The summed E-state index contributed by atoms with van der Waals surface area (Å²) in [6.07, 6.45) is 8.03. The SMILES string of the molecule is CC(Nc1c(Br)cnn(CC2CCC2)c1=O)C1CC1. The lowest BCUT2D eigenvalue weighted by atomic mass is 9.85. The molecule has 0 radical (unpaired) electrons. The van der Waals surface area contributed by atoms with Crippen molar-refractivity contribution in [2.45, 2.75) is 51.6 Å². The normalized spacial score (nSPS) is 20.9. The summed E-state index contributed by atoms with van der Waals surface area (Å²) >= 11 is 3.44. The predicted octanol–water partition coefficient (Wildman–Crippen LogP) is 3.02. The molecule has 104 valence electrons. The van der Waals surface area contributed by atoms with E-state index in [-0.39, 0.29) is 5.56 Å². The lowest BCUT2D eigenvalue weighted by Gasteiger charge is -2.25. The fraction of sp³-hybridized carbons (Fsp3) is 0.714. The van der Waals surface area contributed by atoms with Crippen LogP contribution in [0.25, 0.3) is 0 Å². The first kappa shape index (κ1) is 13.2. The molecule has 0 spiro atoms. The zero-order chi connectivity index (χ0) is 13.4. The maximum atomic E-state index is 12.5. The molecule has 0 aromatic carbocycles. The van der Waals surface area contributed by atoms with Gasteiger partial charge in [0, 0.05) is 12.6 Å². The van der Waals surface area contributed by atoms with E-state index in [1.165, 1.54) is 32.1 Å². The minimum absolute atomic E-state index is 0.00813. The van der Waals surface area contributed by atoms with Crippen molar-refractivity contribution in [3.05, 3.63) is 21.0 Å². The van der Waals surface area contributed by atoms with Gasteiger partial charge in [0.05, 0.1) is 10.7 Å². The van der Waals surface area contributed by atoms with Gasteiger partial charge in [0.2, 0.25) is 0 Å². The Kier molecular flexibility index (Phi) is 3.65. The van der Waals surface area contributed by atoms with E-state index < -0.39 is 0 Å². The Bertz CT molecular complexity index is 520. The van der Waals surface area contributed by atoms with Gasteiger partial charge < -0.3 is 5.32 Å². The van der Waals surface area contributed by atoms with Crippen LogP contribution in [0.3, 0.4) is 0 Å². The Hall–Kier alpha value is -0.840. The van der Waals surface area contributed by atoms with Crippen molar-refractivity contribution in [2.75, 3.05) is 5.32 Å². The van der Waals surface area contributed by atoms with Gasteiger partial charge in [-0.15, -0.1) is 0 Å². The van der Waals surface area contributed by atoms with Gasteiger partial charge in [-0.3, -0.25) is 4.79 Å². The maximum Gasteiger partial charge on any atom is 0.291 e. The molecule has 2 fully saturated rings. The molecule has 1 aromatic rings. The summed E-state index contributed by atoms with van der Waals surface area (Å²) in [5.74, 6) is 1.36. The second-order valence-electron chi connectivity index (χ2n) is 5.92. The molecule has 4 nitrogen and oxygen atoms in total. The summed E-state index contributed by atoms with van der Waals surface area (Å²) in [5, 5.41) is 7.62. The third kappa shape index (κ3) is 2.86. The average molecular weight is 326 g/mol. The largest absolute Gasteiger partial charge is 0.377 e. The van der Waals surface area contributed by atoms with Crippen LogP contribution >= 0.6 is 15.9 Å². The molecule has 5 heteroatoms. The molecule has 0 aliphatic heterocycles. The van der Waals surface area contributed by atoms with Gasteiger partial charge in [-0.25, -0.2) is 4.68 Å². The molecule has 0 amide bonds. The highest BCUT2D eigenvalue weighted by atomic mass is 79.9. The van der Waals surface area contributed by atoms with Crippen molar-refractivity contribution >= 4 is 21.6 Å². The van der Waals surface area contributed by atoms with Crippen LogP contribution in [0.5, 0.6) is 0 Å². The molecular weight excluding hydrogens is 306 g/mol. The zero-order valence-corrected chi connectivity index (χ0v) is 12.8. The molecule has 3 rings (SSSR count). The van der Waals surface area contributed by atoms with E-state index in [0.717, 1.165) is 16.9 Å². The van der Waals surface area contributed by atoms with Gasteiger partial charge in [-0.2, -0.15) is 5.10 Å². The van der Waals surface area contributed by atoms with Crippen LogP contribution in [0, 0.1) is 11.8 Å². The molecule has 0 bridgehead atoms. The number of nitrogens with one attached hydrogen (secondary N) is 1. The summed E-state index contributed by atoms with van der Waals surface area (Å²) in [6.45, 7) is 2.92. The van der Waals surface area contributed by atoms with Crippen LogP contribution in [-0.4, -0.2) is 15.8 Å². The van der Waals surface area contributed by atoms with Crippen molar-refractivity contribution in [2.24, 2.45) is 11.8 Å². The first-order valence-electron chi connectivity index (χ1n) is 7.17. The number of anilines is 1. The van der Waals surface area contributed by atoms with Crippen LogP contribution in [0.4, 0.5) is 5.69 Å². The molecule has 2 aliphatic carbocycles. The summed E-state index contributed by atoms with van der Waals surface area (Å²) in [6, 6.07) is 0.364. The van der Waals surface area contributed by atoms with E-state index in [9.17, 15) is 4.79 Å². The van der Waals surface area contributed by atoms with E-state index in [1.807, 2.05) is 0 Å². The van der Waals surface area contributed by atoms with Gasteiger partial charge >= 0.3 is 0 Å². The molecule has 1 N–H and O–H groups in total. The van der Waals surface area contributed by atoms with Crippen LogP contribution in [0.1, 0.15) is 39.0 Å². The van der Waals surface area contributed by atoms with Crippen LogP contribution in [-0.2, 0) is 6.54 Å². The number of halogens is 1. The lowest BCUT2D eigenvalue weighted by Crippen LogP contribution is -2.32. The third-order valence-electron chi connectivity index (χ3n) is 4.35. The number of rotatable bonds is 5. The van der Waals surface area contributed by atoms with Crippen LogP contribution in [0.2, 0.25) is 0 Å². The van der Waals surface area contributed by atoms with E-state index in [2.05, 4.69) is 33.3 Å². The standard InChI is InChI=1S/C14H20BrN3O/c1-9(11-5-6-11)17-13-12(15)7-16-18(14(13)19)8-10-3-2-4-10/h7,9-11,17H,2-6,8H2,1H3. The first-order valence-corrected chi connectivity index (χ1v) is 7.96. The third-order valence-corrected chi connectivity index (χ3v) is 4.96. The smallest absolute Gasteiger partial charge is 0.291 e. The minimum atomic E-state index is 0.00813. The maximum absolute atomic E-state index is 12.5. The summed E-state index contributed by atoms with van der Waals surface area (Å²) in [7, 11) is 0. The van der Waals surface area contributed by atoms with Crippen molar-refractivity contribution < 1.29 is 0 Å². The molecule has 2 aliphatic rings. The number of hydrogen-bond acceptors (Lipinski definition) is 3. The Labute approximate surface area is 121 Å². The molecule has 2 saturated carbocycles. The topological polar surface area (TPSA) is 46.9 Å². The fourth-order valence-electron chi connectivity index (χ4n) is 2.59. The highest BCUT2D eigenvalue weighted by Crippen LogP contribution is 2.34. The Morgan fingerprint density at radius 1 is 1.47 bits per heavy atom. The number of hydrogen-bond donors (Lipinski definition) is 1. The molecule has 1 heterocycles. The predicted molar refractivity (Wildman–Crippen MR) is 79.3 cm³/mol. The zero-order valence-electron chi connectivity index (χ0n) is 11.2. The highest BCUT2D eigenvalue weighted by Gasteiger charge is 2.29. The summed E-state index contributed by atoms with van der Waals surface area (Å²) in [5.41, 5.74) is 0.683. The van der Waals surface area contributed by atoms with Crippen molar-refractivity contribution in [3.63, 3.8) is 0 Å². The van der Waals surface area contributed by atoms with Crippen LogP contribution < -0.4 is 10.9 Å². The summed E-state index contributed by atoms with van der Waals surface area (Å²) < 4.78 is 2.39. The highest BCUT2D eigenvalue weighted by molar-refractivity contribution is 9.10. The molecular formula is C14H20BrN3O. The molecule has 19 heavy (non-hydrogen) atoms. The molecule has 0 saturated heterocycles. The van der Waals surface area contributed by atoms with Gasteiger partial charge in [-0.1, -0.05) is 6.42 Å². The molecule has 1 aromatic heterocycles. The summed E-state index contributed by atoms with van der Waals surface area (Å²) in [4.78, 5) is 12.5. The van der Waals surface area contributed by atoms with Crippen molar-refractivity contribution in [1.82, 2.24) is 9.78 Å². The fourth-order valence-corrected chi connectivity index (χ4v) is 2.97. The second kappa shape index (κ2) is 5.27. The first-order chi connectivity index (χ1) is 9.15. The van der Waals surface area contributed by atoms with E-state index in [0.29, 0.717) is 17.6 Å². The van der Waals surface area contributed by atoms with Crippen LogP contribution in [0.15, 0.2) is 15.5 Å². The average Bonchev–Trinajstić information content (AvgIpc) is 3.15. The van der Waals surface area contributed by atoms with Gasteiger partial charge in [0.15, 0.2) is 0 Å². The minimum Gasteiger partial charge on any atom is -0.377 e. The number of nitrogens with zero attached hydrogens (tertiary/aromatic N) is 2. The Morgan fingerprint density at radius 2 is 2.21 bits per heavy atom. The second-order valence-corrected chi connectivity index (χ2v) is 6.78. The van der Waals surface area contributed by atoms with Gasteiger partial charge in [0.1, 0.15) is 5.69 Å². The van der Waals surface area contributed by atoms with Gasteiger partial charge in [0.25, 0.3) is 5.56 Å². The molecule has 1 atom stereocenters. The Morgan fingerprint density at radius 3 is 2.79 bits per heavy atom. The molecule has 1 unspecified atom stereocenters. The van der Waals surface area contributed by atoms with Crippen molar-refractivity contribution in [3.8, 4) is 0 Å². The monoisotopic (exact) mass is 325 g/mol. The van der Waals surface area contributed by atoms with Crippen molar-refractivity contribution in [1.29, 1.82) is 0 Å². The van der Waals surface area contributed by atoms with Gasteiger partial charge in [-0.05, 0) is 60.4 Å². The quantitative estimate of drug-likeness (QED) is 0.905.